The molecule has 0 unspecified atom stereocenters. The number of thiol groups is 1. The summed E-state index contributed by atoms with van der Waals surface area (Å²) in [5, 5.41) is 0.451. The van der Waals surface area contributed by atoms with Crippen molar-refractivity contribution in [2.75, 3.05) is 0 Å². The molecule has 0 aliphatic rings. The molecule has 0 atom stereocenters. The Morgan fingerprint density at radius 3 is 2.35 bits per heavy atom. The van der Waals surface area contributed by atoms with E-state index >= 15 is 0 Å². The van der Waals surface area contributed by atoms with Crippen LogP contribution in [0.5, 0.6) is 0 Å². The minimum atomic E-state index is -0.0183. The Morgan fingerprint density at radius 2 is 1.94 bits per heavy atom. The Bertz CT molecular complexity index is 370. The van der Waals surface area contributed by atoms with E-state index in [1.165, 1.54) is 0 Å². The van der Waals surface area contributed by atoms with Gasteiger partial charge in [-0.05, 0) is 30.8 Å². The molecule has 3 heteroatoms. The molecule has 0 fully saturated rings. The molecule has 0 amide bonds. The number of aliphatic imine (C=N–C) groups is 1. The third kappa shape index (κ3) is 4.76. The molecule has 0 aromatic rings. The van der Waals surface area contributed by atoms with Crippen LogP contribution in [0.1, 0.15) is 40.5 Å². The Morgan fingerprint density at radius 1 is 1.35 bits per heavy atom. The Hall–Kier alpha value is -1.05. The topological polar surface area (TPSA) is 29.4 Å². The van der Waals surface area contributed by atoms with Crippen LogP contribution in [0.3, 0.4) is 0 Å². The summed E-state index contributed by atoms with van der Waals surface area (Å²) in [6, 6.07) is 0. The fourth-order valence-corrected chi connectivity index (χ4v) is 1.93. The second-order valence-electron chi connectivity index (χ2n) is 4.09. The first-order valence-electron chi connectivity index (χ1n) is 5.86. The van der Waals surface area contributed by atoms with Crippen LogP contribution >= 0.6 is 12.6 Å². The molecule has 0 saturated carbocycles. The molecule has 0 saturated heterocycles. The monoisotopic (exact) mass is 251 g/mol. The van der Waals surface area contributed by atoms with Crippen molar-refractivity contribution in [1.29, 1.82) is 0 Å². The van der Waals surface area contributed by atoms with Gasteiger partial charge in [0.15, 0.2) is 0 Å². The van der Waals surface area contributed by atoms with E-state index in [1.807, 2.05) is 31.2 Å². The summed E-state index contributed by atoms with van der Waals surface area (Å²) in [6.45, 7) is 8.36. The van der Waals surface area contributed by atoms with Crippen LogP contribution in [0.15, 0.2) is 39.9 Å². The van der Waals surface area contributed by atoms with Gasteiger partial charge in [-0.1, -0.05) is 45.1 Å². The van der Waals surface area contributed by atoms with Crippen molar-refractivity contribution in [3.63, 3.8) is 0 Å². The lowest BCUT2D eigenvalue weighted by molar-refractivity contribution is 0.375. The maximum absolute atomic E-state index is 10.3. The van der Waals surface area contributed by atoms with Gasteiger partial charge < -0.3 is 0 Å². The first-order chi connectivity index (χ1) is 8.05. The Kier molecular flexibility index (Phi) is 7.60. The van der Waals surface area contributed by atoms with Crippen LogP contribution in [0.25, 0.3) is 0 Å². The van der Waals surface area contributed by atoms with Gasteiger partial charge in [0.2, 0.25) is 6.08 Å². The van der Waals surface area contributed by atoms with Crippen molar-refractivity contribution in [3.05, 3.63) is 34.9 Å². The van der Waals surface area contributed by atoms with Gasteiger partial charge >= 0.3 is 0 Å². The number of allylic oxidation sites excluding steroid dienone is 5. The molecule has 0 spiro atoms. The summed E-state index contributed by atoms with van der Waals surface area (Å²) in [7, 11) is 0. The van der Waals surface area contributed by atoms with Gasteiger partial charge in [-0.3, -0.25) is 0 Å². The van der Waals surface area contributed by atoms with Gasteiger partial charge in [0.25, 0.3) is 0 Å². The highest BCUT2D eigenvalue weighted by Crippen LogP contribution is 2.38. The van der Waals surface area contributed by atoms with Crippen LogP contribution in [-0.4, -0.2) is 6.08 Å². The van der Waals surface area contributed by atoms with E-state index in [9.17, 15) is 4.79 Å². The van der Waals surface area contributed by atoms with Crippen LogP contribution in [0.4, 0.5) is 0 Å². The number of rotatable bonds is 6. The molecule has 0 aliphatic carbocycles. The van der Waals surface area contributed by atoms with E-state index in [1.54, 1.807) is 6.08 Å². The van der Waals surface area contributed by atoms with E-state index in [-0.39, 0.29) is 5.41 Å². The van der Waals surface area contributed by atoms with Crippen molar-refractivity contribution >= 4 is 18.7 Å². The molecule has 0 heterocycles. The molecular weight excluding hydrogens is 230 g/mol. The zero-order valence-corrected chi connectivity index (χ0v) is 11.9. The second-order valence-corrected chi connectivity index (χ2v) is 4.52. The summed E-state index contributed by atoms with van der Waals surface area (Å²) in [5.74, 6) is 0. The fraction of sp³-hybridized carbons (Fsp3) is 0.500. The van der Waals surface area contributed by atoms with Crippen molar-refractivity contribution in [2.24, 2.45) is 10.4 Å². The standard InChI is InChI=1S/C14H21NOS/c1-5-8-9-10-12(13(17)15-11-16)14(4,6-2)7-3/h5,8-10,17H,6-7H2,1-4H3/b8-5+,10-9-,13-12+. The molecule has 2 nitrogen and oxygen atoms in total. The van der Waals surface area contributed by atoms with Gasteiger partial charge in [-0.2, -0.15) is 4.99 Å². The molecule has 0 aromatic heterocycles. The molecule has 0 aliphatic heterocycles. The van der Waals surface area contributed by atoms with E-state index in [2.05, 4.69) is 38.4 Å². The molecule has 0 rings (SSSR count). The smallest absolute Gasteiger partial charge is 0.211 e. The van der Waals surface area contributed by atoms with Crippen LogP contribution in [0, 0.1) is 5.41 Å². The van der Waals surface area contributed by atoms with Gasteiger partial charge in [-0.25, -0.2) is 4.79 Å². The highest BCUT2D eigenvalue weighted by Gasteiger charge is 2.25. The van der Waals surface area contributed by atoms with Crippen molar-refractivity contribution < 1.29 is 4.79 Å². The number of hydrogen-bond donors (Lipinski definition) is 1. The molecule has 17 heavy (non-hydrogen) atoms. The first kappa shape index (κ1) is 16.0. The van der Waals surface area contributed by atoms with Crippen molar-refractivity contribution in [1.82, 2.24) is 0 Å². The van der Waals surface area contributed by atoms with E-state index in [4.69, 9.17) is 0 Å². The zero-order chi connectivity index (χ0) is 13.3. The molecule has 0 radical (unpaired) electrons. The zero-order valence-electron chi connectivity index (χ0n) is 11.0. The van der Waals surface area contributed by atoms with Crippen LogP contribution in [0.2, 0.25) is 0 Å². The minimum Gasteiger partial charge on any atom is -0.211 e. The molecule has 0 aromatic carbocycles. The van der Waals surface area contributed by atoms with Gasteiger partial charge in [0, 0.05) is 0 Å². The number of isocyanates is 1. The van der Waals surface area contributed by atoms with E-state index in [0.29, 0.717) is 5.03 Å². The Labute approximate surface area is 110 Å². The lowest BCUT2D eigenvalue weighted by Crippen LogP contribution is -2.17. The fourth-order valence-electron chi connectivity index (χ4n) is 1.54. The second kappa shape index (κ2) is 8.10. The van der Waals surface area contributed by atoms with Gasteiger partial charge in [-0.15, -0.1) is 12.6 Å². The van der Waals surface area contributed by atoms with Crippen molar-refractivity contribution in [3.8, 4) is 0 Å². The van der Waals surface area contributed by atoms with E-state index in [0.717, 1.165) is 18.4 Å². The summed E-state index contributed by atoms with van der Waals surface area (Å²) >= 11 is 4.28. The van der Waals surface area contributed by atoms with Gasteiger partial charge in [0.05, 0.1) is 0 Å². The molecular formula is C14H21NOS. The average molecular weight is 251 g/mol. The number of hydrogen-bond acceptors (Lipinski definition) is 3. The highest BCUT2D eigenvalue weighted by atomic mass is 32.1. The predicted molar refractivity (Wildman–Crippen MR) is 76.8 cm³/mol. The maximum Gasteiger partial charge on any atom is 0.241 e. The number of carbonyl (C=O) groups excluding carboxylic acids is 1. The quantitative estimate of drug-likeness (QED) is 0.322. The third-order valence-corrected chi connectivity index (χ3v) is 3.51. The summed E-state index contributed by atoms with van der Waals surface area (Å²) in [5.41, 5.74) is 0.961. The molecule has 0 bridgehead atoms. The molecule has 0 N–H and O–H groups in total. The lowest BCUT2D eigenvalue weighted by Gasteiger charge is -2.28. The van der Waals surface area contributed by atoms with Crippen LogP contribution < -0.4 is 0 Å². The highest BCUT2D eigenvalue weighted by molar-refractivity contribution is 7.84. The lowest BCUT2D eigenvalue weighted by atomic mass is 9.77. The summed E-state index contributed by atoms with van der Waals surface area (Å²) < 4.78 is 0. The first-order valence-corrected chi connectivity index (χ1v) is 6.31. The maximum atomic E-state index is 10.3. The van der Waals surface area contributed by atoms with Gasteiger partial charge in [0.1, 0.15) is 5.03 Å². The average Bonchev–Trinajstić information content (AvgIpc) is 2.34. The predicted octanol–water partition coefficient (Wildman–Crippen LogP) is 4.42. The largest absolute Gasteiger partial charge is 0.241 e. The summed E-state index contributed by atoms with van der Waals surface area (Å²) in [6.07, 6.45) is 11.3. The minimum absolute atomic E-state index is 0.0183. The van der Waals surface area contributed by atoms with Crippen LogP contribution in [-0.2, 0) is 4.79 Å². The van der Waals surface area contributed by atoms with E-state index < -0.39 is 0 Å². The normalized spacial score (nSPS) is 13.9. The summed E-state index contributed by atoms with van der Waals surface area (Å²) in [4.78, 5) is 14.0. The third-order valence-electron chi connectivity index (χ3n) is 3.17. The number of nitrogens with zero attached hydrogens (tertiary/aromatic N) is 1. The SMILES string of the molecule is C/C=C/C=C\C(=C(/S)N=C=O)C(C)(CC)CC. The Balaban J connectivity index is 5.54. The van der Waals surface area contributed by atoms with Crippen molar-refractivity contribution in [2.45, 2.75) is 40.5 Å². The molecule has 94 valence electrons.